The maximum atomic E-state index is 6.21. The predicted octanol–water partition coefficient (Wildman–Crippen LogP) is 10.6. The Morgan fingerprint density at radius 1 is 0.432 bits per heavy atom. The highest BCUT2D eigenvalue weighted by Crippen LogP contribution is 2.40. The van der Waals surface area contributed by atoms with Crippen LogP contribution < -0.4 is 0 Å². The van der Waals surface area contributed by atoms with Gasteiger partial charge < -0.3 is 4.42 Å². The molecule has 5 aromatic heterocycles. The van der Waals surface area contributed by atoms with Gasteiger partial charge in [0.25, 0.3) is 11.8 Å². The first-order valence-corrected chi connectivity index (χ1v) is 15.2. The zero-order valence-electron chi connectivity index (χ0n) is 19.0. The SMILES string of the molecule is c1cc2cc3cc4sc(-c5nnc(-c6cc7cc8cc9sccc9cc8cc7s6)o5)cc4cc3cc2s1. The summed E-state index contributed by atoms with van der Waals surface area (Å²) in [5.41, 5.74) is 0. The number of nitrogens with zero attached hydrogens (tertiary/aromatic N) is 2. The Kier molecular flexibility index (Phi) is 4.12. The van der Waals surface area contributed by atoms with Crippen LogP contribution in [-0.2, 0) is 0 Å². The van der Waals surface area contributed by atoms with Crippen LogP contribution >= 0.6 is 45.3 Å². The van der Waals surface area contributed by atoms with Crippen molar-refractivity contribution in [3.8, 4) is 21.5 Å². The van der Waals surface area contributed by atoms with Crippen LogP contribution in [0.2, 0.25) is 0 Å². The Morgan fingerprint density at radius 2 is 0.865 bits per heavy atom. The summed E-state index contributed by atoms with van der Waals surface area (Å²) in [4.78, 5) is 2.00. The van der Waals surface area contributed by atoms with Crippen molar-refractivity contribution in [3.05, 3.63) is 83.6 Å². The van der Waals surface area contributed by atoms with E-state index in [2.05, 4.69) is 93.8 Å². The molecule has 0 saturated carbocycles. The van der Waals surface area contributed by atoms with E-state index in [1.165, 1.54) is 61.9 Å². The van der Waals surface area contributed by atoms with Crippen LogP contribution in [0.1, 0.15) is 0 Å². The first-order valence-electron chi connectivity index (χ1n) is 11.8. The molecule has 0 atom stereocenters. The molecule has 0 spiro atoms. The fraction of sp³-hybridized carbons (Fsp3) is 0. The molecule has 5 heterocycles. The number of rotatable bonds is 2. The Morgan fingerprint density at radius 3 is 1.35 bits per heavy atom. The van der Waals surface area contributed by atoms with Crippen LogP contribution in [0, 0.1) is 0 Å². The Balaban J connectivity index is 1.12. The largest absolute Gasteiger partial charge is 0.414 e. The van der Waals surface area contributed by atoms with Gasteiger partial charge in [-0.2, -0.15) is 0 Å². The Hall–Kier alpha value is -3.62. The lowest BCUT2D eigenvalue weighted by molar-refractivity contribution is 0.587. The average Bonchev–Trinajstić information content (AvgIpc) is 3.72. The van der Waals surface area contributed by atoms with Crippen molar-refractivity contribution in [2.24, 2.45) is 0 Å². The van der Waals surface area contributed by atoms with E-state index in [-0.39, 0.29) is 0 Å². The van der Waals surface area contributed by atoms with Gasteiger partial charge in [0.1, 0.15) is 0 Å². The molecule has 0 bridgehead atoms. The van der Waals surface area contributed by atoms with Gasteiger partial charge in [0.15, 0.2) is 0 Å². The lowest BCUT2D eigenvalue weighted by atomic mass is 10.1. The highest BCUT2D eigenvalue weighted by atomic mass is 32.1. The molecule has 0 N–H and O–H groups in total. The monoisotopic (exact) mass is 546 g/mol. The van der Waals surface area contributed by atoms with Gasteiger partial charge in [0.05, 0.1) is 9.75 Å². The van der Waals surface area contributed by atoms with Gasteiger partial charge in [-0.25, -0.2) is 0 Å². The average molecular weight is 547 g/mol. The quantitative estimate of drug-likeness (QED) is 0.216. The van der Waals surface area contributed by atoms with E-state index < -0.39 is 0 Å². The summed E-state index contributed by atoms with van der Waals surface area (Å²) in [7, 11) is 0. The summed E-state index contributed by atoms with van der Waals surface area (Å²) >= 11 is 6.97. The van der Waals surface area contributed by atoms with Crippen molar-refractivity contribution in [1.29, 1.82) is 0 Å². The lowest BCUT2D eigenvalue weighted by Crippen LogP contribution is -1.72. The summed E-state index contributed by atoms with van der Waals surface area (Å²) in [6, 6.07) is 26.9. The van der Waals surface area contributed by atoms with E-state index in [4.69, 9.17) is 4.42 Å². The van der Waals surface area contributed by atoms with Gasteiger partial charge in [-0.05, 0) is 127 Å². The molecule has 3 nitrogen and oxygen atoms in total. The summed E-state index contributed by atoms with van der Waals surface area (Å²) in [6.45, 7) is 0. The minimum atomic E-state index is 0.573. The number of fused-ring (bicyclic) bond motifs is 6. The fourth-order valence-corrected chi connectivity index (χ4v) is 8.79. The van der Waals surface area contributed by atoms with E-state index in [0.29, 0.717) is 11.8 Å². The molecule has 174 valence electrons. The second-order valence-electron chi connectivity index (χ2n) is 9.23. The van der Waals surface area contributed by atoms with Crippen molar-refractivity contribution in [1.82, 2.24) is 10.2 Å². The maximum Gasteiger partial charge on any atom is 0.258 e. The Labute approximate surface area is 225 Å². The molecular formula is C30H14N2OS4. The first-order chi connectivity index (χ1) is 18.2. The van der Waals surface area contributed by atoms with Crippen LogP contribution in [0.25, 0.3) is 83.4 Å². The van der Waals surface area contributed by atoms with E-state index in [1.54, 1.807) is 45.3 Å². The van der Waals surface area contributed by atoms with Gasteiger partial charge in [0, 0.05) is 18.8 Å². The van der Waals surface area contributed by atoms with E-state index >= 15 is 0 Å². The van der Waals surface area contributed by atoms with Gasteiger partial charge in [-0.15, -0.1) is 55.5 Å². The van der Waals surface area contributed by atoms with Gasteiger partial charge in [0.2, 0.25) is 0 Å². The van der Waals surface area contributed by atoms with Crippen molar-refractivity contribution >= 4 is 107 Å². The number of hydrogen-bond donors (Lipinski definition) is 0. The summed E-state index contributed by atoms with van der Waals surface area (Å²) in [6.07, 6.45) is 0. The third-order valence-electron chi connectivity index (χ3n) is 6.94. The van der Waals surface area contributed by atoms with E-state index in [0.717, 1.165) is 9.75 Å². The highest BCUT2D eigenvalue weighted by molar-refractivity contribution is 7.22. The molecular weight excluding hydrogens is 533 g/mol. The molecule has 9 rings (SSSR count). The lowest BCUT2D eigenvalue weighted by Gasteiger charge is -1.99. The molecule has 0 aliphatic carbocycles. The number of thiophene rings is 4. The topological polar surface area (TPSA) is 38.9 Å². The summed E-state index contributed by atoms with van der Waals surface area (Å²) < 4.78 is 11.3. The number of benzene rings is 4. The zero-order chi connectivity index (χ0) is 24.1. The van der Waals surface area contributed by atoms with Crippen molar-refractivity contribution in [3.63, 3.8) is 0 Å². The van der Waals surface area contributed by atoms with Crippen LogP contribution in [0.3, 0.4) is 0 Å². The molecule has 0 amide bonds. The third kappa shape index (κ3) is 3.15. The molecule has 0 saturated heterocycles. The Bertz CT molecular complexity index is 2030. The van der Waals surface area contributed by atoms with Crippen LogP contribution in [0.5, 0.6) is 0 Å². The van der Waals surface area contributed by atoms with Crippen LogP contribution in [0.4, 0.5) is 0 Å². The zero-order valence-corrected chi connectivity index (χ0v) is 22.3. The molecule has 0 unspecified atom stereocenters. The molecule has 9 aromatic rings. The van der Waals surface area contributed by atoms with Crippen LogP contribution in [-0.4, -0.2) is 10.2 Å². The second-order valence-corrected chi connectivity index (χ2v) is 13.3. The minimum absolute atomic E-state index is 0.573. The maximum absolute atomic E-state index is 6.21. The molecule has 37 heavy (non-hydrogen) atoms. The second kappa shape index (κ2) is 7.46. The summed E-state index contributed by atoms with van der Waals surface area (Å²) in [5, 5.41) is 23.2. The first kappa shape index (κ1) is 20.4. The van der Waals surface area contributed by atoms with E-state index in [1.807, 2.05) is 0 Å². The van der Waals surface area contributed by atoms with Crippen LogP contribution in [0.15, 0.2) is 88.0 Å². The van der Waals surface area contributed by atoms with Crippen molar-refractivity contribution in [2.45, 2.75) is 0 Å². The van der Waals surface area contributed by atoms with E-state index in [9.17, 15) is 0 Å². The molecule has 0 aliphatic rings. The molecule has 0 fully saturated rings. The van der Waals surface area contributed by atoms with Gasteiger partial charge >= 0.3 is 0 Å². The molecule has 0 radical (unpaired) electrons. The smallest absolute Gasteiger partial charge is 0.258 e. The van der Waals surface area contributed by atoms with Gasteiger partial charge in [-0.1, -0.05) is 0 Å². The molecule has 0 aliphatic heterocycles. The predicted molar refractivity (Wildman–Crippen MR) is 162 cm³/mol. The highest BCUT2D eigenvalue weighted by Gasteiger charge is 2.16. The number of aromatic nitrogens is 2. The number of hydrogen-bond acceptors (Lipinski definition) is 7. The summed E-state index contributed by atoms with van der Waals surface area (Å²) in [5.74, 6) is 1.15. The van der Waals surface area contributed by atoms with Crippen molar-refractivity contribution in [2.75, 3.05) is 0 Å². The standard InChI is InChI=1S/C30H14N2OS4/c1-3-34-23-9-19-7-21-13-27(36-25(21)11-17(19)5-15(1)23)29-31-32-30(33-29)28-14-22-8-20-10-24-16(2-4-35-24)6-18(20)12-26(22)37-28/h1-14H. The minimum Gasteiger partial charge on any atom is -0.414 e. The third-order valence-corrected chi connectivity index (χ3v) is 10.9. The molecule has 4 aromatic carbocycles. The normalized spacial score (nSPS) is 12.3. The molecule has 7 heteroatoms. The van der Waals surface area contributed by atoms with Gasteiger partial charge in [-0.3, -0.25) is 0 Å². The van der Waals surface area contributed by atoms with Crippen molar-refractivity contribution < 1.29 is 4.42 Å². The fourth-order valence-electron chi connectivity index (χ4n) is 5.13.